The lowest BCUT2D eigenvalue weighted by Crippen LogP contribution is -2.48. The monoisotopic (exact) mass is 310 g/mol. The first-order valence-corrected chi connectivity index (χ1v) is 5.51. The van der Waals surface area contributed by atoms with Crippen LogP contribution in [0.25, 0.3) is 0 Å². The van der Waals surface area contributed by atoms with Gasteiger partial charge >= 0.3 is 12.1 Å². The first-order chi connectivity index (χ1) is 7.01. The van der Waals surface area contributed by atoms with E-state index in [1.165, 1.54) is 0 Å². The van der Waals surface area contributed by atoms with Gasteiger partial charge in [0.25, 0.3) is 0 Å². The lowest BCUT2D eigenvalue weighted by Gasteiger charge is -2.27. The van der Waals surface area contributed by atoms with E-state index in [-0.39, 0.29) is 9.73 Å². The second kappa shape index (κ2) is 4.18. The Morgan fingerprint density at radius 2 is 1.38 bits per heavy atom. The number of thiol groups is 1. The molecule has 16 heavy (non-hydrogen) atoms. The summed E-state index contributed by atoms with van der Waals surface area (Å²) in [5.41, 5.74) is 0. The Labute approximate surface area is 109 Å². The third-order valence-electron chi connectivity index (χ3n) is 2.08. The molecule has 0 nitrogen and oxygen atoms in total. The molecule has 0 aromatic heterocycles. The maximum absolute atomic E-state index is 13.1. The normalized spacial score (nSPS) is 27.8. The molecule has 0 aromatic carbocycles. The first kappa shape index (κ1) is 14.3. The van der Waals surface area contributed by atoms with E-state index in [9.17, 15) is 22.0 Å². The van der Waals surface area contributed by atoms with Crippen LogP contribution in [0.3, 0.4) is 0 Å². The SMILES string of the molecule is FC(F)(F)C(F)(F)C1C(=S)C(=S)C(=S)C1S. The predicted molar refractivity (Wildman–Crippen MR) is 65.1 cm³/mol. The minimum absolute atomic E-state index is 0.225. The van der Waals surface area contributed by atoms with Gasteiger partial charge in [0.15, 0.2) is 0 Å². The topological polar surface area (TPSA) is 0 Å². The van der Waals surface area contributed by atoms with Gasteiger partial charge in [-0.25, -0.2) is 0 Å². The van der Waals surface area contributed by atoms with E-state index in [2.05, 4.69) is 49.3 Å². The van der Waals surface area contributed by atoms with Gasteiger partial charge in [-0.3, -0.25) is 0 Å². The van der Waals surface area contributed by atoms with Crippen LogP contribution in [-0.4, -0.2) is 31.9 Å². The molecular formula is C7H3F5S4. The molecular weight excluding hydrogens is 307 g/mol. The highest BCUT2D eigenvalue weighted by Crippen LogP contribution is 2.47. The molecule has 0 aliphatic heterocycles. The molecule has 9 heteroatoms. The number of halogens is 5. The van der Waals surface area contributed by atoms with Gasteiger partial charge in [-0.1, -0.05) is 36.7 Å². The van der Waals surface area contributed by atoms with Gasteiger partial charge in [-0.15, -0.1) is 0 Å². The van der Waals surface area contributed by atoms with Crippen molar-refractivity contribution in [2.24, 2.45) is 5.92 Å². The molecule has 0 N–H and O–H groups in total. The summed E-state index contributed by atoms with van der Waals surface area (Å²) in [5.74, 6) is -7.26. The van der Waals surface area contributed by atoms with Crippen LogP contribution in [0.4, 0.5) is 22.0 Å². The Balaban J connectivity index is 3.21. The maximum atomic E-state index is 13.1. The molecule has 0 aromatic rings. The van der Waals surface area contributed by atoms with Crippen LogP contribution in [0.1, 0.15) is 0 Å². The lowest BCUT2D eigenvalue weighted by atomic mass is 9.98. The minimum atomic E-state index is -5.70. The zero-order valence-electron chi connectivity index (χ0n) is 7.22. The van der Waals surface area contributed by atoms with Crippen LogP contribution in [0.15, 0.2) is 0 Å². The molecule has 1 aliphatic rings. The zero-order valence-corrected chi connectivity index (χ0v) is 10.6. The van der Waals surface area contributed by atoms with Crippen LogP contribution >= 0.6 is 49.3 Å². The van der Waals surface area contributed by atoms with Crippen molar-refractivity contribution in [3.05, 3.63) is 0 Å². The summed E-state index contributed by atoms with van der Waals surface area (Å²) >= 11 is 17.3. The van der Waals surface area contributed by atoms with E-state index in [1.807, 2.05) is 0 Å². The smallest absolute Gasteiger partial charge is 0.196 e. The quantitative estimate of drug-likeness (QED) is 0.449. The molecule has 1 rings (SSSR count). The molecule has 1 saturated carbocycles. The van der Waals surface area contributed by atoms with E-state index in [4.69, 9.17) is 0 Å². The largest absolute Gasteiger partial charge is 0.454 e. The highest BCUT2D eigenvalue weighted by atomic mass is 32.1. The van der Waals surface area contributed by atoms with Crippen LogP contribution in [0, 0.1) is 5.92 Å². The number of alkyl halides is 5. The third-order valence-corrected chi connectivity index (χ3v) is 4.43. The van der Waals surface area contributed by atoms with Crippen molar-refractivity contribution in [2.45, 2.75) is 17.3 Å². The highest BCUT2D eigenvalue weighted by Gasteiger charge is 2.67. The van der Waals surface area contributed by atoms with Gasteiger partial charge in [0, 0.05) is 9.73 Å². The highest BCUT2D eigenvalue weighted by molar-refractivity contribution is 7.97. The molecule has 2 unspecified atom stereocenters. The lowest BCUT2D eigenvalue weighted by molar-refractivity contribution is -0.292. The summed E-state index contributed by atoms with van der Waals surface area (Å²) in [4.78, 5) is -1.15. The molecule has 1 fully saturated rings. The molecule has 2 atom stereocenters. The van der Waals surface area contributed by atoms with E-state index in [0.29, 0.717) is 0 Å². The van der Waals surface area contributed by atoms with Gasteiger partial charge in [-0.05, 0) is 0 Å². The predicted octanol–water partition coefficient (Wildman–Crippen LogP) is 3.22. The molecule has 90 valence electrons. The Kier molecular flexibility index (Phi) is 3.75. The number of hydrogen-bond donors (Lipinski definition) is 1. The maximum Gasteiger partial charge on any atom is 0.454 e. The molecule has 0 radical (unpaired) electrons. The molecule has 0 spiro atoms. The second-order valence-corrected chi connectivity index (χ2v) is 4.95. The van der Waals surface area contributed by atoms with Crippen LogP contribution < -0.4 is 0 Å². The van der Waals surface area contributed by atoms with Crippen molar-refractivity contribution in [1.82, 2.24) is 0 Å². The third kappa shape index (κ3) is 2.02. The molecule has 0 bridgehead atoms. The summed E-state index contributed by atoms with van der Waals surface area (Å²) in [5, 5.41) is -1.47. The first-order valence-electron chi connectivity index (χ1n) is 3.76. The van der Waals surface area contributed by atoms with Crippen molar-refractivity contribution in [2.75, 3.05) is 0 Å². The number of rotatable bonds is 1. The Morgan fingerprint density at radius 1 is 0.938 bits per heavy atom. The van der Waals surface area contributed by atoms with E-state index < -0.39 is 28.1 Å². The fraction of sp³-hybridized carbons (Fsp3) is 0.571. The van der Waals surface area contributed by atoms with Crippen molar-refractivity contribution in [3.8, 4) is 0 Å². The average molecular weight is 310 g/mol. The van der Waals surface area contributed by atoms with Crippen molar-refractivity contribution in [3.63, 3.8) is 0 Å². The number of hydrogen-bond acceptors (Lipinski definition) is 4. The molecule has 0 heterocycles. The summed E-state index contributed by atoms with van der Waals surface area (Å²) < 4.78 is 62.7. The van der Waals surface area contributed by atoms with Gasteiger partial charge in [-0.2, -0.15) is 34.6 Å². The summed E-state index contributed by atoms with van der Waals surface area (Å²) in [6, 6.07) is 0. The molecule has 1 aliphatic carbocycles. The van der Waals surface area contributed by atoms with Gasteiger partial charge in [0.1, 0.15) is 0 Å². The minimum Gasteiger partial charge on any atom is -0.196 e. The van der Waals surface area contributed by atoms with Crippen LogP contribution in [0.5, 0.6) is 0 Å². The van der Waals surface area contributed by atoms with Gasteiger partial charge in [0.05, 0.1) is 16.0 Å². The Bertz CT molecular complexity index is 371. The van der Waals surface area contributed by atoms with Crippen molar-refractivity contribution >= 4 is 63.9 Å². The fourth-order valence-electron chi connectivity index (χ4n) is 1.23. The Hall–Kier alpha value is 0.270. The van der Waals surface area contributed by atoms with Gasteiger partial charge < -0.3 is 0 Å². The van der Waals surface area contributed by atoms with Gasteiger partial charge in [0.2, 0.25) is 0 Å². The molecule has 0 amide bonds. The second-order valence-electron chi connectivity index (χ2n) is 3.10. The van der Waals surface area contributed by atoms with Crippen LogP contribution in [0.2, 0.25) is 0 Å². The average Bonchev–Trinajstić information content (AvgIpc) is 2.29. The van der Waals surface area contributed by atoms with Crippen molar-refractivity contribution in [1.29, 1.82) is 0 Å². The number of thiocarbonyl (C=S) groups is 3. The zero-order chi connectivity index (χ0) is 12.9. The molecule has 0 saturated heterocycles. The van der Waals surface area contributed by atoms with Crippen molar-refractivity contribution < 1.29 is 22.0 Å². The van der Waals surface area contributed by atoms with Crippen LogP contribution in [-0.2, 0) is 0 Å². The Morgan fingerprint density at radius 3 is 1.62 bits per heavy atom. The van der Waals surface area contributed by atoms with E-state index in [0.717, 1.165) is 0 Å². The standard InChI is InChI=1S/C7H3F5S4/c8-6(9,7(10,11)12)1-2(13)4(15)5(16)3(1)14/h1-2,13H. The summed E-state index contributed by atoms with van der Waals surface area (Å²) in [7, 11) is 0. The fourth-order valence-corrected chi connectivity index (χ4v) is 2.84. The van der Waals surface area contributed by atoms with E-state index in [1.54, 1.807) is 0 Å². The summed E-state index contributed by atoms with van der Waals surface area (Å²) in [6.07, 6.45) is -5.70. The summed E-state index contributed by atoms with van der Waals surface area (Å²) in [6.45, 7) is 0. The van der Waals surface area contributed by atoms with E-state index >= 15 is 0 Å².